The Morgan fingerprint density at radius 3 is 2.22 bits per heavy atom. The second-order valence-corrected chi connectivity index (χ2v) is 5.79. The topological polar surface area (TPSA) is 26.0 Å². The maximum Gasteiger partial charge on any atom is 0.131 e. The third-order valence-corrected chi connectivity index (χ3v) is 4.21. The lowest BCUT2D eigenvalue weighted by Crippen LogP contribution is -2.14. The summed E-state index contributed by atoms with van der Waals surface area (Å²) >= 11 is 1.55. The lowest BCUT2D eigenvalue weighted by molar-refractivity contribution is 0.561. The number of halogens is 2. The maximum atomic E-state index is 13.8. The highest BCUT2D eigenvalue weighted by Crippen LogP contribution is 2.32. The van der Waals surface area contributed by atoms with Crippen LogP contribution in [0.3, 0.4) is 0 Å². The van der Waals surface area contributed by atoms with E-state index in [1.807, 2.05) is 19.9 Å². The molecule has 1 aromatic carbocycles. The molecule has 0 saturated carbocycles. The summed E-state index contributed by atoms with van der Waals surface area (Å²) in [5.41, 5.74) is 7.90. The standard InChI is InChI=1S/C14H15F2NS/c1-7-5-10(12(16)6-11(7)15)13(17)14-8(2)4-9(3)18-14/h4-6,13H,17H2,1-3H3. The lowest BCUT2D eigenvalue weighted by atomic mass is 10.0. The van der Waals surface area contributed by atoms with Gasteiger partial charge >= 0.3 is 0 Å². The maximum absolute atomic E-state index is 13.8. The van der Waals surface area contributed by atoms with Crippen molar-refractivity contribution in [3.63, 3.8) is 0 Å². The quantitative estimate of drug-likeness (QED) is 0.874. The normalized spacial score (nSPS) is 12.8. The highest BCUT2D eigenvalue weighted by Gasteiger charge is 2.19. The summed E-state index contributed by atoms with van der Waals surface area (Å²) in [6.07, 6.45) is 0. The molecule has 0 aliphatic heterocycles. The highest BCUT2D eigenvalue weighted by atomic mass is 32.1. The van der Waals surface area contributed by atoms with Gasteiger partial charge in [0.25, 0.3) is 0 Å². The summed E-state index contributed by atoms with van der Waals surface area (Å²) in [6, 6.07) is 3.88. The minimum Gasteiger partial charge on any atom is -0.320 e. The van der Waals surface area contributed by atoms with Crippen LogP contribution in [0, 0.1) is 32.4 Å². The number of aryl methyl sites for hydroxylation is 3. The molecule has 96 valence electrons. The Balaban J connectivity index is 2.49. The molecule has 0 saturated heterocycles. The Kier molecular flexibility index (Phi) is 3.50. The van der Waals surface area contributed by atoms with Gasteiger partial charge in [-0.2, -0.15) is 0 Å². The summed E-state index contributed by atoms with van der Waals surface area (Å²) in [4.78, 5) is 2.06. The molecular formula is C14H15F2NS. The summed E-state index contributed by atoms with van der Waals surface area (Å²) in [7, 11) is 0. The molecular weight excluding hydrogens is 252 g/mol. The molecule has 1 aromatic heterocycles. The molecule has 0 radical (unpaired) electrons. The molecule has 0 aliphatic carbocycles. The number of hydrogen-bond donors (Lipinski definition) is 1. The molecule has 0 aliphatic rings. The van der Waals surface area contributed by atoms with E-state index in [0.29, 0.717) is 11.1 Å². The van der Waals surface area contributed by atoms with E-state index in [1.54, 1.807) is 18.3 Å². The van der Waals surface area contributed by atoms with E-state index in [1.165, 1.54) is 6.07 Å². The van der Waals surface area contributed by atoms with Crippen molar-refractivity contribution in [3.8, 4) is 0 Å². The van der Waals surface area contributed by atoms with Crippen LogP contribution in [-0.4, -0.2) is 0 Å². The van der Waals surface area contributed by atoms with Gasteiger partial charge in [0.15, 0.2) is 0 Å². The number of benzene rings is 1. The zero-order valence-corrected chi connectivity index (χ0v) is 11.4. The molecule has 2 N–H and O–H groups in total. The molecule has 0 bridgehead atoms. The van der Waals surface area contributed by atoms with Gasteiger partial charge in [-0.15, -0.1) is 11.3 Å². The van der Waals surface area contributed by atoms with Gasteiger partial charge in [-0.25, -0.2) is 8.78 Å². The number of rotatable bonds is 2. The Morgan fingerprint density at radius 1 is 1.00 bits per heavy atom. The SMILES string of the molecule is Cc1cc(C)c(C(N)c2cc(C)c(F)cc2F)s1. The number of nitrogens with two attached hydrogens (primary N) is 1. The first-order valence-electron chi connectivity index (χ1n) is 5.68. The molecule has 4 heteroatoms. The molecule has 1 unspecified atom stereocenters. The Morgan fingerprint density at radius 2 is 1.67 bits per heavy atom. The first kappa shape index (κ1) is 13.2. The molecule has 0 spiro atoms. The van der Waals surface area contributed by atoms with Gasteiger partial charge in [-0.3, -0.25) is 0 Å². The van der Waals surface area contributed by atoms with Crippen LogP contribution in [-0.2, 0) is 0 Å². The average molecular weight is 267 g/mol. The van der Waals surface area contributed by atoms with E-state index in [9.17, 15) is 8.78 Å². The molecule has 18 heavy (non-hydrogen) atoms. The smallest absolute Gasteiger partial charge is 0.131 e. The summed E-state index contributed by atoms with van der Waals surface area (Å²) in [6.45, 7) is 5.55. The van der Waals surface area contributed by atoms with Gasteiger partial charge in [0.05, 0.1) is 6.04 Å². The molecule has 2 rings (SSSR count). The predicted octanol–water partition coefficient (Wildman–Crippen LogP) is 4.00. The van der Waals surface area contributed by atoms with E-state index in [2.05, 4.69) is 0 Å². The molecule has 1 nitrogen and oxygen atoms in total. The van der Waals surface area contributed by atoms with Crippen molar-refractivity contribution < 1.29 is 8.78 Å². The van der Waals surface area contributed by atoms with Crippen molar-refractivity contribution in [2.24, 2.45) is 5.73 Å². The van der Waals surface area contributed by atoms with Gasteiger partial charge in [-0.05, 0) is 44.0 Å². The monoisotopic (exact) mass is 267 g/mol. The predicted molar refractivity (Wildman–Crippen MR) is 70.9 cm³/mol. The molecule has 1 atom stereocenters. The Hall–Kier alpha value is -1.26. The molecule has 1 heterocycles. The number of thiophene rings is 1. The van der Waals surface area contributed by atoms with Gasteiger partial charge in [0.1, 0.15) is 11.6 Å². The summed E-state index contributed by atoms with van der Waals surface area (Å²) in [5.74, 6) is -1.13. The van der Waals surface area contributed by atoms with Gasteiger partial charge in [0.2, 0.25) is 0 Å². The van der Waals surface area contributed by atoms with Crippen molar-refractivity contribution in [2.45, 2.75) is 26.8 Å². The van der Waals surface area contributed by atoms with Crippen molar-refractivity contribution in [2.75, 3.05) is 0 Å². The fraction of sp³-hybridized carbons (Fsp3) is 0.286. The molecule has 0 amide bonds. The van der Waals surface area contributed by atoms with Crippen molar-refractivity contribution in [1.29, 1.82) is 0 Å². The zero-order chi connectivity index (χ0) is 13.4. The van der Waals surface area contributed by atoms with Crippen LogP contribution in [0.2, 0.25) is 0 Å². The largest absolute Gasteiger partial charge is 0.320 e. The van der Waals surface area contributed by atoms with Gasteiger partial charge in [-0.1, -0.05) is 0 Å². The average Bonchev–Trinajstić information content (AvgIpc) is 2.62. The minimum absolute atomic E-state index is 0.346. The van der Waals surface area contributed by atoms with E-state index in [0.717, 1.165) is 21.4 Å². The van der Waals surface area contributed by atoms with E-state index in [4.69, 9.17) is 5.73 Å². The Labute approximate surface area is 109 Å². The highest BCUT2D eigenvalue weighted by molar-refractivity contribution is 7.12. The second kappa shape index (κ2) is 4.78. The lowest BCUT2D eigenvalue weighted by Gasteiger charge is -2.14. The van der Waals surface area contributed by atoms with Gasteiger partial charge < -0.3 is 5.73 Å². The van der Waals surface area contributed by atoms with Crippen molar-refractivity contribution in [1.82, 2.24) is 0 Å². The fourth-order valence-corrected chi connectivity index (χ4v) is 3.08. The van der Waals surface area contributed by atoms with Crippen LogP contribution in [0.4, 0.5) is 8.78 Å². The second-order valence-electron chi connectivity index (χ2n) is 4.50. The van der Waals surface area contributed by atoms with Gasteiger partial charge in [0, 0.05) is 21.4 Å². The third kappa shape index (κ3) is 2.31. The number of hydrogen-bond acceptors (Lipinski definition) is 2. The van der Waals surface area contributed by atoms with Crippen LogP contribution in [0.5, 0.6) is 0 Å². The third-order valence-electron chi connectivity index (χ3n) is 2.97. The first-order chi connectivity index (χ1) is 8.40. The van der Waals surface area contributed by atoms with Crippen LogP contribution in [0.25, 0.3) is 0 Å². The van der Waals surface area contributed by atoms with Crippen LogP contribution in [0.15, 0.2) is 18.2 Å². The van der Waals surface area contributed by atoms with E-state index < -0.39 is 17.7 Å². The van der Waals surface area contributed by atoms with Crippen LogP contribution >= 0.6 is 11.3 Å². The summed E-state index contributed by atoms with van der Waals surface area (Å²) in [5, 5.41) is 0. The summed E-state index contributed by atoms with van der Waals surface area (Å²) < 4.78 is 27.0. The van der Waals surface area contributed by atoms with E-state index >= 15 is 0 Å². The van der Waals surface area contributed by atoms with Crippen LogP contribution in [0.1, 0.15) is 32.5 Å². The fourth-order valence-electron chi connectivity index (χ4n) is 2.03. The van der Waals surface area contributed by atoms with Crippen molar-refractivity contribution >= 4 is 11.3 Å². The van der Waals surface area contributed by atoms with Crippen molar-refractivity contribution in [3.05, 3.63) is 56.3 Å². The Bertz CT molecular complexity index is 590. The zero-order valence-electron chi connectivity index (χ0n) is 10.6. The minimum atomic E-state index is -0.587. The van der Waals surface area contributed by atoms with Crippen LogP contribution < -0.4 is 5.73 Å². The molecule has 2 aromatic rings. The first-order valence-corrected chi connectivity index (χ1v) is 6.50. The molecule has 0 fully saturated rings. The van der Waals surface area contributed by atoms with E-state index in [-0.39, 0.29) is 0 Å².